The van der Waals surface area contributed by atoms with Crippen LogP contribution in [0.3, 0.4) is 0 Å². The Morgan fingerprint density at radius 2 is 2.13 bits per heavy atom. The van der Waals surface area contributed by atoms with Crippen LogP contribution in [0.5, 0.6) is 5.75 Å². The van der Waals surface area contributed by atoms with Crippen LogP contribution in [0.2, 0.25) is 5.02 Å². The molecule has 0 aromatic heterocycles. The van der Waals surface area contributed by atoms with Gasteiger partial charge in [-0.15, -0.1) is 0 Å². The first kappa shape index (κ1) is 12.3. The second kappa shape index (κ2) is 5.38. The van der Waals surface area contributed by atoms with Gasteiger partial charge in [0.05, 0.1) is 7.11 Å². The summed E-state index contributed by atoms with van der Waals surface area (Å²) in [5.41, 5.74) is 8.02. The minimum atomic E-state index is 0.162. The molecule has 15 heavy (non-hydrogen) atoms. The van der Waals surface area contributed by atoms with Crippen molar-refractivity contribution in [2.75, 3.05) is 7.11 Å². The van der Waals surface area contributed by atoms with Gasteiger partial charge in [-0.05, 0) is 43.0 Å². The van der Waals surface area contributed by atoms with Gasteiger partial charge >= 0.3 is 0 Å². The molecule has 1 atom stereocenters. The molecule has 1 aromatic rings. The molecule has 0 aliphatic heterocycles. The molecule has 0 aliphatic carbocycles. The van der Waals surface area contributed by atoms with E-state index in [1.807, 2.05) is 19.1 Å². The summed E-state index contributed by atoms with van der Waals surface area (Å²) in [7, 11) is 1.67. The molecule has 0 spiro atoms. The number of rotatable bonds is 4. The second-order valence-corrected chi connectivity index (χ2v) is 4.19. The Kier molecular flexibility index (Phi) is 4.43. The largest absolute Gasteiger partial charge is 0.496 e. The van der Waals surface area contributed by atoms with Crippen LogP contribution >= 0.6 is 11.6 Å². The lowest BCUT2D eigenvalue weighted by Gasteiger charge is -2.13. The van der Waals surface area contributed by atoms with Gasteiger partial charge in [-0.1, -0.05) is 18.5 Å². The van der Waals surface area contributed by atoms with E-state index in [2.05, 4.69) is 6.92 Å². The topological polar surface area (TPSA) is 35.2 Å². The van der Waals surface area contributed by atoms with Gasteiger partial charge < -0.3 is 10.5 Å². The van der Waals surface area contributed by atoms with Crippen LogP contribution < -0.4 is 10.5 Å². The van der Waals surface area contributed by atoms with Crippen LogP contribution in [0.15, 0.2) is 12.1 Å². The zero-order chi connectivity index (χ0) is 11.4. The third-order valence-corrected chi connectivity index (χ3v) is 2.92. The minimum absolute atomic E-state index is 0.162. The van der Waals surface area contributed by atoms with E-state index in [0.29, 0.717) is 0 Å². The summed E-state index contributed by atoms with van der Waals surface area (Å²) >= 11 is 6.15. The number of ether oxygens (including phenoxy) is 1. The highest BCUT2D eigenvalue weighted by Gasteiger charge is 2.09. The van der Waals surface area contributed by atoms with Crippen molar-refractivity contribution < 1.29 is 4.74 Å². The van der Waals surface area contributed by atoms with Crippen LogP contribution in [-0.2, 0) is 6.42 Å². The summed E-state index contributed by atoms with van der Waals surface area (Å²) in [5.74, 6) is 0.873. The first-order chi connectivity index (χ1) is 7.08. The highest BCUT2D eigenvalue weighted by atomic mass is 35.5. The lowest BCUT2D eigenvalue weighted by atomic mass is 10.0. The monoisotopic (exact) mass is 227 g/mol. The number of halogens is 1. The SMILES string of the molecule is CCC(N)Cc1cc(OC)c(C)cc1Cl. The standard InChI is InChI=1S/C12H18ClNO/c1-4-10(14)6-9-7-12(15-3)8(2)5-11(9)13/h5,7,10H,4,6,14H2,1-3H3. The van der Waals surface area contributed by atoms with Crippen molar-refractivity contribution in [2.24, 2.45) is 5.73 Å². The molecular weight excluding hydrogens is 210 g/mol. The number of benzene rings is 1. The third kappa shape index (κ3) is 3.11. The maximum atomic E-state index is 6.15. The Labute approximate surface area is 96.4 Å². The van der Waals surface area contributed by atoms with Crippen LogP contribution in [-0.4, -0.2) is 13.2 Å². The summed E-state index contributed by atoms with van der Waals surface area (Å²) in [6.07, 6.45) is 1.75. The Balaban J connectivity index is 2.97. The van der Waals surface area contributed by atoms with E-state index in [4.69, 9.17) is 22.1 Å². The molecule has 0 saturated heterocycles. The molecule has 0 radical (unpaired) electrons. The smallest absolute Gasteiger partial charge is 0.122 e. The third-order valence-electron chi connectivity index (χ3n) is 2.57. The van der Waals surface area contributed by atoms with Crippen molar-refractivity contribution in [1.82, 2.24) is 0 Å². The normalized spacial score (nSPS) is 12.6. The maximum absolute atomic E-state index is 6.15. The molecule has 0 amide bonds. The van der Waals surface area contributed by atoms with E-state index < -0.39 is 0 Å². The molecule has 2 nitrogen and oxygen atoms in total. The summed E-state index contributed by atoms with van der Waals surface area (Å²) < 4.78 is 5.26. The van der Waals surface area contributed by atoms with E-state index in [-0.39, 0.29) is 6.04 Å². The quantitative estimate of drug-likeness (QED) is 0.859. The number of hydrogen-bond acceptors (Lipinski definition) is 2. The van der Waals surface area contributed by atoms with Gasteiger partial charge in [-0.3, -0.25) is 0 Å². The van der Waals surface area contributed by atoms with E-state index in [0.717, 1.165) is 34.7 Å². The molecule has 2 N–H and O–H groups in total. The van der Waals surface area contributed by atoms with Gasteiger partial charge in [0.2, 0.25) is 0 Å². The molecule has 3 heteroatoms. The molecule has 1 unspecified atom stereocenters. The van der Waals surface area contributed by atoms with Gasteiger partial charge in [0.1, 0.15) is 5.75 Å². The maximum Gasteiger partial charge on any atom is 0.122 e. The number of aryl methyl sites for hydroxylation is 1. The van der Waals surface area contributed by atoms with E-state index in [9.17, 15) is 0 Å². The highest BCUT2D eigenvalue weighted by molar-refractivity contribution is 6.31. The van der Waals surface area contributed by atoms with Gasteiger partial charge in [-0.2, -0.15) is 0 Å². The lowest BCUT2D eigenvalue weighted by molar-refractivity contribution is 0.411. The zero-order valence-corrected chi connectivity index (χ0v) is 10.3. The predicted octanol–water partition coefficient (Wildman–Crippen LogP) is 2.94. The summed E-state index contributed by atoms with van der Waals surface area (Å²) in [6.45, 7) is 4.05. The number of nitrogens with two attached hydrogens (primary N) is 1. The Bertz CT molecular complexity index is 339. The summed E-state index contributed by atoms with van der Waals surface area (Å²) in [5, 5.41) is 0.775. The first-order valence-corrected chi connectivity index (χ1v) is 5.54. The predicted molar refractivity (Wildman–Crippen MR) is 64.7 cm³/mol. The highest BCUT2D eigenvalue weighted by Crippen LogP contribution is 2.27. The van der Waals surface area contributed by atoms with Crippen molar-refractivity contribution >= 4 is 11.6 Å². The Morgan fingerprint density at radius 1 is 1.47 bits per heavy atom. The first-order valence-electron chi connectivity index (χ1n) is 5.17. The van der Waals surface area contributed by atoms with Gasteiger partial charge in [0.25, 0.3) is 0 Å². The van der Waals surface area contributed by atoms with Crippen LogP contribution in [0.1, 0.15) is 24.5 Å². The van der Waals surface area contributed by atoms with Gasteiger partial charge in [0.15, 0.2) is 0 Å². The molecule has 1 aromatic carbocycles. The second-order valence-electron chi connectivity index (χ2n) is 3.79. The van der Waals surface area contributed by atoms with Crippen molar-refractivity contribution in [3.8, 4) is 5.75 Å². The molecular formula is C12H18ClNO. The Morgan fingerprint density at radius 3 is 2.67 bits per heavy atom. The van der Waals surface area contributed by atoms with Crippen molar-refractivity contribution in [3.05, 3.63) is 28.3 Å². The van der Waals surface area contributed by atoms with Crippen LogP contribution in [0, 0.1) is 6.92 Å². The summed E-state index contributed by atoms with van der Waals surface area (Å²) in [6, 6.07) is 4.07. The average Bonchev–Trinajstić information content (AvgIpc) is 2.21. The molecule has 0 bridgehead atoms. The minimum Gasteiger partial charge on any atom is -0.496 e. The van der Waals surface area contributed by atoms with Gasteiger partial charge in [0, 0.05) is 11.1 Å². The lowest BCUT2D eigenvalue weighted by Crippen LogP contribution is -2.21. The fourth-order valence-electron chi connectivity index (χ4n) is 1.50. The number of methoxy groups -OCH3 is 1. The average molecular weight is 228 g/mol. The molecule has 1 rings (SSSR count). The fraction of sp³-hybridized carbons (Fsp3) is 0.500. The zero-order valence-electron chi connectivity index (χ0n) is 9.51. The van der Waals surface area contributed by atoms with Crippen molar-refractivity contribution in [2.45, 2.75) is 32.7 Å². The molecule has 0 heterocycles. The van der Waals surface area contributed by atoms with E-state index in [1.165, 1.54) is 0 Å². The van der Waals surface area contributed by atoms with Crippen LogP contribution in [0.25, 0.3) is 0 Å². The van der Waals surface area contributed by atoms with Crippen molar-refractivity contribution in [1.29, 1.82) is 0 Å². The fourth-order valence-corrected chi connectivity index (χ4v) is 1.79. The summed E-state index contributed by atoms with van der Waals surface area (Å²) in [4.78, 5) is 0. The van der Waals surface area contributed by atoms with E-state index >= 15 is 0 Å². The molecule has 0 fully saturated rings. The van der Waals surface area contributed by atoms with Crippen molar-refractivity contribution in [3.63, 3.8) is 0 Å². The van der Waals surface area contributed by atoms with Gasteiger partial charge in [-0.25, -0.2) is 0 Å². The molecule has 0 aliphatic rings. The Hall–Kier alpha value is -0.730. The molecule has 84 valence electrons. The van der Waals surface area contributed by atoms with E-state index in [1.54, 1.807) is 7.11 Å². The molecule has 0 saturated carbocycles. The number of hydrogen-bond donors (Lipinski definition) is 1. The van der Waals surface area contributed by atoms with Crippen LogP contribution in [0.4, 0.5) is 0 Å².